The Bertz CT molecular complexity index is 737. The number of fused-ring (bicyclic) bond motifs is 1. The lowest BCUT2D eigenvalue weighted by molar-refractivity contribution is 0.868. The molecule has 3 aromatic rings. The van der Waals surface area contributed by atoms with Crippen molar-refractivity contribution in [1.82, 2.24) is 4.98 Å². The van der Waals surface area contributed by atoms with Crippen LogP contribution in [0, 0.1) is 13.8 Å². The molecule has 2 nitrogen and oxygen atoms in total. The molecular weight excluding hydrogens is 244 g/mol. The van der Waals surface area contributed by atoms with E-state index < -0.39 is 0 Å². The van der Waals surface area contributed by atoms with Gasteiger partial charge in [-0.3, -0.25) is 4.98 Å². The zero-order valence-corrected chi connectivity index (χ0v) is 11.8. The highest BCUT2D eigenvalue weighted by atomic mass is 14.7. The second kappa shape index (κ2) is 5.06. The van der Waals surface area contributed by atoms with E-state index in [0.29, 0.717) is 0 Å². The van der Waals surface area contributed by atoms with Crippen LogP contribution in [0.25, 0.3) is 10.8 Å². The lowest BCUT2D eigenvalue weighted by Gasteiger charge is -2.16. The van der Waals surface area contributed by atoms with Crippen molar-refractivity contribution < 1.29 is 0 Å². The minimum Gasteiger partial charge on any atom is -0.320 e. The van der Waals surface area contributed by atoms with Crippen LogP contribution in [0.2, 0.25) is 0 Å². The highest BCUT2D eigenvalue weighted by Crippen LogP contribution is 2.27. The zero-order valence-electron chi connectivity index (χ0n) is 11.8. The maximum Gasteiger partial charge on any atom is 0.0559 e. The van der Waals surface area contributed by atoms with Gasteiger partial charge in [0.25, 0.3) is 0 Å². The Balaban J connectivity index is 2.15. The molecule has 0 aliphatic rings. The molecule has 1 atom stereocenters. The molecule has 3 rings (SSSR count). The fraction of sp³-hybridized carbons (Fsp3) is 0.167. The standard InChI is InChI=1S/C18H18N2/c1-12-10-15(11-13(2)20-12)18(19)17-9-5-7-14-6-3-4-8-16(14)17/h3-11,18H,19H2,1-2H3. The summed E-state index contributed by atoms with van der Waals surface area (Å²) in [6.45, 7) is 4.01. The third-order valence-electron chi connectivity index (χ3n) is 3.62. The molecule has 0 spiro atoms. The first-order chi connectivity index (χ1) is 9.65. The van der Waals surface area contributed by atoms with Gasteiger partial charge >= 0.3 is 0 Å². The second-order valence-electron chi connectivity index (χ2n) is 5.23. The smallest absolute Gasteiger partial charge is 0.0559 e. The van der Waals surface area contributed by atoms with Gasteiger partial charge in [0.2, 0.25) is 0 Å². The quantitative estimate of drug-likeness (QED) is 0.760. The fourth-order valence-corrected chi connectivity index (χ4v) is 2.75. The monoisotopic (exact) mass is 262 g/mol. The number of nitrogens with zero attached hydrogens (tertiary/aromatic N) is 1. The van der Waals surface area contributed by atoms with E-state index >= 15 is 0 Å². The lowest BCUT2D eigenvalue weighted by Crippen LogP contribution is -2.13. The number of nitrogens with two attached hydrogens (primary N) is 1. The van der Waals surface area contributed by atoms with Gasteiger partial charge in [-0.15, -0.1) is 0 Å². The highest BCUT2D eigenvalue weighted by molar-refractivity contribution is 5.86. The maximum absolute atomic E-state index is 6.49. The molecule has 1 unspecified atom stereocenters. The lowest BCUT2D eigenvalue weighted by atomic mass is 9.94. The van der Waals surface area contributed by atoms with E-state index in [0.717, 1.165) is 22.5 Å². The molecule has 0 saturated carbocycles. The Morgan fingerprint density at radius 3 is 2.30 bits per heavy atom. The van der Waals surface area contributed by atoms with Crippen molar-refractivity contribution in [2.24, 2.45) is 5.73 Å². The van der Waals surface area contributed by atoms with Gasteiger partial charge in [-0.1, -0.05) is 42.5 Å². The molecule has 0 bridgehead atoms. The van der Waals surface area contributed by atoms with E-state index in [4.69, 9.17) is 5.73 Å². The van der Waals surface area contributed by atoms with Gasteiger partial charge in [0.05, 0.1) is 6.04 Å². The van der Waals surface area contributed by atoms with Gasteiger partial charge in [0.1, 0.15) is 0 Å². The number of aromatic nitrogens is 1. The van der Waals surface area contributed by atoms with Crippen LogP contribution in [0.15, 0.2) is 54.6 Å². The summed E-state index contributed by atoms with van der Waals surface area (Å²) < 4.78 is 0. The first-order valence-corrected chi connectivity index (χ1v) is 6.83. The summed E-state index contributed by atoms with van der Waals surface area (Å²) in [6.07, 6.45) is 0. The van der Waals surface area contributed by atoms with Gasteiger partial charge in [-0.25, -0.2) is 0 Å². The fourth-order valence-electron chi connectivity index (χ4n) is 2.75. The van der Waals surface area contributed by atoms with Crippen LogP contribution in [0.1, 0.15) is 28.6 Å². The highest BCUT2D eigenvalue weighted by Gasteiger charge is 2.12. The van der Waals surface area contributed by atoms with Crippen molar-refractivity contribution in [2.45, 2.75) is 19.9 Å². The van der Waals surface area contributed by atoms with E-state index in [2.05, 4.69) is 59.6 Å². The molecule has 1 aromatic heterocycles. The first-order valence-electron chi connectivity index (χ1n) is 6.83. The Hall–Kier alpha value is -2.19. The Kier molecular flexibility index (Phi) is 3.25. The minimum atomic E-state index is -0.124. The average Bonchev–Trinajstić information content (AvgIpc) is 2.45. The van der Waals surface area contributed by atoms with Gasteiger partial charge in [-0.05, 0) is 47.9 Å². The van der Waals surface area contributed by atoms with Crippen molar-refractivity contribution in [1.29, 1.82) is 0 Å². The predicted molar refractivity (Wildman–Crippen MR) is 83.7 cm³/mol. The molecule has 0 fully saturated rings. The zero-order chi connectivity index (χ0) is 14.1. The normalized spacial score (nSPS) is 12.6. The van der Waals surface area contributed by atoms with Crippen LogP contribution in [-0.4, -0.2) is 4.98 Å². The summed E-state index contributed by atoms with van der Waals surface area (Å²) in [5.74, 6) is 0. The van der Waals surface area contributed by atoms with Crippen LogP contribution in [0.3, 0.4) is 0 Å². The van der Waals surface area contributed by atoms with E-state index in [9.17, 15) is 0 Å². The average molecular weight is 262 g/mol. The van der Waals surface area contributed by atoms with E-state index in [1.807, 2.05) is 13.8 Å². The van der Waals surface area contributed by atoms with Crippen LogP contribution >= 0.6 is 0 Å². The summed E-state index contributed by atoms with van der Waals surface area (Å²) in [5, 5.41) is 2.44. The summed E-state index contributed by atoms with van der Waals surface area (Å²) in [7, 11) is 0. The van der Waals surface area contributed by atoms with Crippen LogP contribution < -0.4 is 5.73 Å². The molecule has 0 amide bonds. The van der Waals surface area contributed by atoms with E-state index in [1.54, 1.807) is 0 Å². The number of rotatable bonds is 2. The second-order valence-corrected chi connectivity index (χ2v) is 5.23. The van der Waals surface area contributed by atoms with Crippen molar-refractivity contribution >= 4 is 10.8 Å². The summed E-state index contributed by atoms with van der Waals surface area (Å²) in [4.78, 5) is 4.42. The largest absolute Gasteiger partial charge is 0.320 e. The molecular formula is C18H18N2. The van der Waals surface area contributed by atoms with Crippen molar-refractivity contribution in [3.05, 3.63) is 77.1 Å². The maximum atomic E-state index is 6.49. The molecule has 0 saturated heterocycles. The van der Waals surface area contributed by atoms with Gasteiger partial charge < -0.3 is 5.73 Å². The van der Waals surface area contributed by atoms with E-state index in [-0.39, 0.29) is 6.04 Å². The van der Waals surface area contributed by atoms with Crippen LogP contribution in [0.4, 0.5) is 0 Å². The number of benzene rings is 2. The molecule has 2 N–H and O–H groups in total. The van der Waals surface area contributed by atoms with Crippen LogP contribution in [0.5, 0.6) is 0 Å². The summed E-state index contributed by atoms with van der Waals surface area (Å²) >= 11 is 0. The first kappa shape index (κ1) is 12.8. The third kappa shape index (κ3) is 2.30. The van der Waals surface area contributed by atoms with Crippen molar-refractivity contribution in [2.75, 3.05) is 0 Å². The van der Waals surface area contributed by atoms with Crippen LogP contribution in [-0.2, 0) is 0 Å². The molecule has 2 heteroatoms. The van der Waals surface area contributed by atoms with Crippen molar-refractivity contribution in [3.63, 3.8) is 0 Å². The van der Waals surface area contributed by atoms with Crippen molar-refractivity contribution in [3.8, 4) is 0 Å². The van der Waals surface area contributed by atoms with Gasteiger partial charge in [0, 0.05) is 11.4 Å². The van der Waals surface area contributed by atoms with Gasteiger partial charge in [-0.2, -0.15) is 0 Å². The molecule has 0 radical (unpaired) electrons. The predicted octanol–water partition coefficient (Wildman–Crippen LogP) is 3.90. The molecule has 100 valence electrons. The number of pyridine rings is 1. The number of hydrogen-bond donors (Lipinski definition) is 1. The topological polar surface area (TPSA) is 38.9 Å². The number of aryl methyl sites for hydroxylation is 2. The Morgan fingerprint density at radius 2 is 1.55 bits per heavy atom. The molecule has 0 aliphatic carbocycles. The number of hydrogen-bond acceptors (Lipinski definition) is 2. The third-order valence-corrected chi connectivity index (χ3v) is 3.62. The Labute approximate surface area is 119 Å². The minimum absolute atomic E-state index is 0.124. The SMILES string of the molecule is Cc1cc(C(N)c2cccc3ccccc23)cc(C)n1. The summed E-state index contributed by atoms with van der Waals surface area (Å²) in [5.41, 5.74) is 10.8. The van der Waals surface area contributed by atoms with Gasteiger partial charge in [0.15, 0.2) is 0 Å². The van der Waals surface area contributed by atoms with E-state index in [1.165, 1.54) is 10.8 Å². The molecule has 2 aromatic carbocycles. The summed E-state index contributed by atoms with van der Waals surface area (Å²) in [6, 6.07) is 18.7. The molecule has 1 heterocycles. The Morgan fingerprint density at radius 1 is 0.900 bits per heavy atom. The molecule has 20 heavy (non-hydrogen) atoms. The molecule has 0 aliphatic heterocycles.